The van der Waals surface area contributed by atoms with Crippen LogP contribution in [0.2, 0.25) is 0 Å². The van der Waals surface area contributed by atoms with Crippen molar-refractivity contribution in [2.24, 2.45) is 17.2 Å². The van der Waals surface area contributed by atoms with Crippen molar-refractivity contribution in [3.8, 4) is 51.7 Å². The highest BCUT2D eigenvalue weighted by molar-refractivity contribution is 5.77. The largest absolute Gasteiger partial charge is 0.494 e. The highest BCUT2D eigenvalue weighted by Gasteiger charge is 2.31. The van der Waals surface area contributed by atoms with Crippen LogP contribution in [0.1, 0.15) is 48.4 Å². The van der Waals surface area contributed by atoms with E-state index in [0.29, 0.717) is 60.4 Å². The average molecular weight is 570 g/mol. The summed E-state index contributed by atoms with van der Waals surface area (Å²) in [7, 11) is 0. The summed E-state index contributed by atoms with van der Waals surface area (Å²) in [4.78, 5) is 0. The molecule has 0 saturated carbocycles. The predicted molar refractivity (Wildman–Crippen MR) is 152 cm³/mol. The van der Waals surface area contributed by atoms with Crippen LogP contribution in [0.5, 0.6) is 5.75 Å². The van der Waals surface area contributed by atoms with E-state index in [2.05, 4.69) is 23.7 Å². The van der Waals surface area contributed by atoms with Gasteiger partial charge >= 0.3 is 6.18 Å². The standard InChI is InChI=1S/C32H32F5N3O/c1-31(33,34)28-15-22(7-2-4-9-38)13-24(18-28)26-17-27(21-30(20-26)41-12-6-11-40)25-14-23(8-3-5-10-39)16-29(19-25)32(35,36)37/h13-21H,4-6,9-12,38-40H2,1H3. The topological polar surface area (TPSA) is 87.3 Å². The molecule has 3 aromatic rings. The maximum absolute atomic E-state index is 14.4. The van der Waals surface area contributed by atoms with E-state index in [-0.39, 0.29) is 29.8 Å². The predicted octanol–water partition coefficient (Wildman–Crippen LogP) is 6.28. The van der Waals surface area contributed by atoms with Crippen LogP contribution in [0.25, 0.3) is 22.3 Å². The Morgan fingerprint density at radius 2 is 1.12 bits per heavy atom. The number of ether oxygens (including phenoxy) is 1. The Morgan fingerprint density at radius 1 is 0.634 bits per heavy atom. The van der Waals surface area contributed by atoms with Crippen LogP contribution in [-0.2, 0) is 12.1 Å². The van der Waals surface area contributed by atoms with Crippen molar-refractivity contribution in [1.29, 1.82) is 0 Å². The molecule has 0 radical (unpaired) electrons. The Balaban J connectivity index is 2.25. The van der Waals surface area contributed by atoms with E-state index < -0.39 is 17.7 Å². The van der Waals surface area contributed by atoms with Gasteiger partial charge in [0, 0.05) is 49.5 Å². The van der Waals surface area contributed by atoms with Gasteiger partial charge in [-0.3, -0.25) is 0 Å². The lowest BCUT2D eigenvalue weighted by Crippen LogP contribution is -2.08. The molecule has 0 unspecified atom stereocenters. The van der Waals surface area contributed by atoms with Crippen molar-refractivity contribution in [1.82, 2.24) is 0 Å². The SMILES string of the molecule is CC(F)(F)c1cc(C#CCCN)cc(-c2cc(OCCCN)cc(-c3cc(C#CCCN)cc(C(F)(F)F)c3)c2)c1. The number of alkyl halides is 5. The van der Waals surface area contributed by atoms with Crippen molar-refractivity contribution in [3.05, 3.63) is 76.9 Å². The molecule has 41 heavy (non-hydrogen) atoms. The summed E-state index contributed by atoms with van der Waals surface area (Å²) in [6.07, 6.45) is -3.35. The van der Waals surface area contributed by atoms with Crippen molar-refractivity contribution >= 4 is 0 Å². The number of nitrogens with two attached hydrogens (primary N) is 3. The van der Waals surface area contributed by atoms with Crippen LogP contribution >= 0.6 is 0 Å². The molecule has 0 saturated heterocycles. The highest BCUT2D eigenvalue weighted by Crippen LogP contribution is 2.38. The summed E-state index contributed by atoms with van der Waals surface area (Å²) in [5, 5.41) is 0. The number of rotatable bonds is 9. The first-order chi connectivity index (χ1) is 19.4. The molecule has 0 aliphatic rings. The quantitative estimate of drug-likeness (QED) is 0.161. The van der Waals surface area contributed by atoms with Gasteiger partial charge in [0.05, 0.1) is 12.2 Å². The first-order valence-electron chi connectivity index (χ1n) is 13.1. The molecule has 0 aliphatic carbocycles. The van der Waals surface area contributed by atoms with Crippen LogP contribution in [0, 0.1) is 23.7 Å². The number of halogens is 5. The molecule has 0 amide bonds. The summed E-state index contributed by atoms with van der Waals surface area (Å²) in [5.74, 6) is 8.43. The summed E-state index contributed by atoms with van der Waals surface area (Å²) in [5.41, 5.74) is 17.5. The first-order valence-corrected chi connectivity index (χ1v) is 13.1. The van der Waals surface area contributed by atoms with E-state index in [1.165, 1.54) is 12.1 Å². The number of benzene rings is 3. The minimum Gasteiger partial charge on any atom is -0.494 e. The van der Waals surface area contributed by atoms with E-state index in [0.717, 1.165) is 19.1 Å². The van der Waals surface area contributed by atoms with Crippen LogP contribution < -0.4 is 21.9 Å². The third-order valence-electron chi connectivity index (χ3n) is 5.89. The van der Waals surface area contributed by atoms with Crippen LogP contribution in [0.4, 0.5) is 22.0 Å². The van der Waals surface area contributed by atoms with Gasteiger partial charge in [-0.2, -0.15) is 13.2 Å². The molecule has 0 spiro atoms. The molecule has 3 rings (SSSR count). The Bertz CT molecular complexity index is 1370. The molecule has 3 aromatic carbocycles. The van der Waals surface area contributed by atoms with Crippen molar-refractivity contribution in [2.45, 2.75) is 38.3 Å². The molecule has 216 valence electrons. The second-order valence-electron chi connectivity index (χ2n) is 9.40. The van der Waals surface area contributed by atoms with E-state index >= 15 is 0 Å². The zero-order valence-electron chi connectivity index (χ0n) is 22.7. The lowest BCUT2D eigenvalue weighted by atomic mass is 9.93. The first kappa shape index (κ1) is 31.6. The molecule has 4 nitrogen and oxygen atoms in total. The second-order valence-corrected chi connectivity index (χ2v) is 9.40. The van der Waals surface area contributed by atoms with Crippen LogP contribution in [0.15, 0.2) is 54.6 Å². The smallest absolute Gasteiger partial charge is 0.416 e. The van der Waals surface area contributed by atoms with Crippen molar-refractivity contribution < 1.29 is 26.7 Å². The van der Waals surface area contributed by atoms with Gasteiger partial charge in [-0.25, -0.2) is 8.78 Å². The van der Waals surface area contributed by atoms with E-state index in [4.69, 9.17) is 21.9 Å². The molecule has 9 heteroatoms. The van der Waals surface area contributed by atoms with Gasteiger partial charge in [-0.1, -0.05) is 23.7 Å². The van der Waals surface area contributed by atoms with Crippen molar-refractivity contribution in [3.63, 3.8) is 0 Å². The van der Waals surface area contributed by atoms with E-state index in [1.54, 1.807) is 30.3 Å². The Morgan fingerprint density at radius 3 is 1.59 bits per heavy atom. The van der Waals surface area contributed by atoms with Gasteiger partial charge in [0.2, 0.25) is 0 Å². The molecule has 6 N–H and O–H groups in total. The number of hydrogen-bond donors (Lipinski definition) is 3. The van der Waals surface area contributed by atoms with Crippen molar-refractivity contribution in [2.75, 3.05) is 26.2 Å². The monoisotopic (exact) mass is 569 g/mol. The molecule has 0 aromatic heterocycles. The van der Waals surface area contributed by atoms with E-state index in [1.807, 2.05) is 0 Å². The molecule has 0 atom stereocenters. The van der Waals surface area contributed by atoms with Gasteiger partial charge in [0.15, 0.2) is 0 Å². The molecular formula is C32H32F5N3O. The Labute approximate surface area is 237 Å². The fraction of sp³-hybridized carbons (Fsp3) is 0.312. The maximum Gasteiger partial charge on any atom is 0.416 e. The van der Waals surface area contributed by atoms with Gasteiger partial charge in [-0.05, 0) is 89.8 Å². The lowest BCUT2D eigenvalue weighted by molar-refractivity contribution is -0.137. The fourth-order valence-corrected chi connectivity index (χ4v) is 3.91. The second kappa shape index (κ2) is 14.1. The van der Waals surface area contributed by atoms with Gasteiger partial charge < -0.3 is 21.9 Å². The average Bonchev–Trinajstić information content (AvgIpc) is 2.92. The molecular weight excluding hydrogens is 537 g/mol. The molecule has 0 aliphatic heterocycles. The number of hydrogen-bond acceptors (Lipinski definition) is 4. The summed E-state index contributed by atoms with van der Waals surface area (Å²) in [6, 6.07) is 12.7. The van der Waals surface area contributed by atoms with Gasteiger partial charge in [0.25, 0.3) is 5.92 Å². The highest BCUT2D eigenvalue weighted by atomic mass is 19.4. The Kier molecular flexibility index (Phi) is 10.9. The molecule has 0 heterocycles. The maximum atomic E-state index is 14.4. The fourth-order valence-electron chi connectivity index (χ4n) is 3.91. The summed E-state index contributed by atoms with van der Waals surface area (Å²) < 4.78 is 76.2. The zero-order chi connectivity index (χ0) is 30.0. The normalized spacial score (nSPS) is 11.3. The third kappa shape index (κ3) is 9.33. The molecule has 0 fully saturated rings. The van der Waals surface area contributed by atoms with Gasteiger partial charge in [0.1, 0.15) is 5.75 Å². The van der Waals surface area contributed by atoms with Crippen LogP contribution in [0.3, 0.4) is 0 Å². The summed E-state index contributed by atoms with van der Waals surface area (Å²) in [6.45, 7) is 2.03. The third-order valence-corrected chi connectivity index (χ3v) is 5.89. The minimum atomic E-state index is -4.61. The summed E-state index contributed by atoms with van der Waals surface area (Å²) >= 11 is 0. The Hall–Kier alpha value is -3.89. The zero-order valence-corrected chi connectivity index (χ0v) is 22.7. The molecule has 0 bridgehead atoms. The van der Waals surface area contributed by atoms with Crippen LogP contribution in [-0.4, -0.2) is 26.2 Å². The minimum absolute atomic E-state index is 0.171. The van der Waals surface area contributed by atoms with E-state index in [9.17, 15) is 22.0 Å². The van der Waals surface area contributed by atoms with Gasteiger partial charge in [-0.15, -0.1) is 0 Å². The lowest BCUT2D eigenvalue weighted by Gasteiger charge is -2.16.